The van der Waals surface area contributed by atoms with Crippen molar-refractivity contribution < 1.29 is 9.59 Å². The van der Waals surface area contributed by atoms with E-state index < -0.39 is 0 Å². The number of fused-ring (bicyclic) bond motifs is 1. The highest BCUT2D eigenvalue weighted by Crippen LogP contribution is 2.16. The number of carbonyl (C=O) groups excluding carboxylic acids is 2. The van der Waals surface area contributed by atoms with E-state index in [0.29, 0.717) is 12.2 Å². The minimum atomic E-state index is -0.264. The van der Waals surface area contributed by atoms with E-state index >= 15 is 0 Å². The van der Waals surface area contributed by atoms with Crippen LogP contribution in [0.1, 0.15) is 5.56 Å². The van der Waals surface area contributed by atoms with Crippen LogP contribution in [-0.2, 0) is 22.7 Å². The molecule has 8 nitrogen and oxygen atoms in total. The molecule has 2 amide bonds. The van der Waals surface area contributed by atoms with Crippen LogP contribution in [0.4, 0.5) is 11.4 Å². The fourth-order valence-electron chi connectivity index (χ4n) is 3.52. The summed E-state index contributed by atoms with van der Waals surface area (Å²) in [7, 11) is 3.91. The molecule has 0 aliphatic carbocycles. The highest BCUT2D eigenvalue weighted by molar-refractivity contribution is 5.94. The maximum atomic E-state index is 13.2. The van der Waals surface area contributed by atoms with Gasteiger partial charge in [-0.15, -0.1) is 5.10 Å². The smallest absolute Gasteiger partial charge is 0.245 e. The zero-order chi connectivity index (χ0) is 23.2. The molecule has 33 heavy (non-hydrogen) atoms. The minimum Gasteiger partial charge on any atom is -0.378 e. The van der Waals surface area contributed by atoms with Gasteiger partial charge >= 0.3 is 0 Å². The van der Waals surface area contributed by atoms with Gasteiger partial charge in [0.05, 0.1) is 5.52 Å². The van der Waals surface area contributed by atoms with Crippen molar-refractivity contribution in [2.24, 2.45) is 0 Å². The van der Waals surface area contributed by atoms with Gasteiger partial charge in [-0.2, -0.15) is 0 Å². The molecule has 0 spiro atoms. The largest absolute Gasteiger partial charge is 0.378 e. The Morgan fingerprint density at radius 3 is 2.33 bits per heavy atom. The summed E-state index contributed by atoms with van der Waals surface area (Å²) in [5, 5.41) is 11.1. The number of benzene rings is 3. The normalized spacial score (nSPS) is 10.7. The van der Waals surface area contributed by atoms with E-state index in [4.69, 9.17) is 0 Å². The van der Waals surface area contributed by atoms with Gasteiger partial charge in [0.15, 0.2) is 0 Å². The summed E-state index contributed by atoms with van der Waals surface area (Å²) in [4.78, 5) is 29.5. The summed E-state index contributed by atoms with van der Waals surface area (Å²) in [6.45, 7) is 0.243. The van der Waals surface area contributed by atoms with Crippen molar-refractivity contribution in [3.8, 4) is 0 Å². The molecule has 3 aromatic carbocycles. The summed E-state index contributed by atoms with van der Waals surface area (Å²) in [6.07, 6.45) is 0. The number of para-hydroxylation sites is 1. The molecule has 4 aromatic rings. The Bertz CT molecular complexity index is 1230. The maximum absolute atomic E-state index is 13.2. The van der Waals surface area contributed by atoms with Gasteiger partial charge < -0.3 is 15.1 Å². The lowest BCUT2D eigenvalue weighted by Crippen LogP contribution is -2.39. The van der Waals surface area contributed by atoms with E-state index in [1.54, 1.807) is 4.68 Å². The molecular formula is C25H26N6O2. The fourth-order valence-corrected chi connectivity index (χ4v) is 3.52. The average molecular weight is 443 g/mol. The zero-order valence-electron chi connectivity index (χ0n) is 18.7. The molecule has 0 bridgehead atoms. The van der Waals surface area contributed by atoms with Crippen molar-refractivity contribution in [3.05, 3.63) is 84.4 Å². The number of carbonyl (C=O) groups is 2. The van der Waals surface area contributed by atoms with Crippen LogP contribution in [0.25, 0.3) is 11.0 Å². The van der Waals surface area contributed by atoms with Gasteiger partial charge in [0, 0.05) is 32.0 Å². The third-order valence-electron chi connectivity index (χ3n) is 5.28. The molecule has 1 heterocycles. The minimum absolute atomic E-state index is 0.00183. The number of aromatic nitrogens is 3. The first kappa shape index (κ1) is 22.0. The molecule has 168 valence electrons. The van der Waals surface area contributed by atoms with Crippen molar-refractivity contribution in [3.63, 3.8) is 0 Å². The number of amides is 2. The lowest BCUT2D eigenvalue weighted by Gasteiger charge is -2.22. The predicted molar refractivity (Wildman–Crippen MR) is 129 cm³/mol. The van der Waals surface area contributed by atoms with Crippen LogP contribution in [-0.4, -0.2) is 52.3 Å². The number of rotatable bonds is 8. The molecule has 0 atom stereocenters. The molecular weight excluding hydrogens is 416 g/mol. The summed E-state index contributed by atoms with van der Waals surface area (Å²) >= 11 is 0. The van der Waals surface area contributed by atoms with Gasteiger partial charge in [-0.3, -0.25) is 9.59 Å². The number of hydrogen-bond donors (Lipinski definition) is 1. The number of anilines is 2. The molecule has 4 rings (SSSR count). The van der Waals surface area contributed by atoms with Gasteiger partial charge in [0.2, 0.25) is 11.8 Å². The first-order valence-electron chi connectivity index (χ1n) is 10.7. The Balaban J connectivity index is 1.49. The molecule has 1 N–H and O–H groups in total. The maximum Gasteiger partial charge on any atom is 0.245 e. The second-order valence-electron chi connectivity index (χ2n) is 7.96. The fraction of sp³-hybridized carbons (Fsp3) is 0.200. The Hall–Kier alpha value is -4.20. The average Bonchev–Trinajstić information content (AvgIpc) is 3.22. The topological polar surface area (TPSA) is 83.4 Å². The lowest BCUT2D eigenvalue weighted by molar-refractivity contribution is -0.136. The monoisotopic (exact) mass is 442 g/mol. The summed E-state index contributed by atoms with van der Waals surface area (Å²) in [5.41, 5.74) is 4.15. The van der Waals surface area contributed by atoms with E-state index in [-0.39, 0.29) is 24.9 Å². The van der Waals surface area contributed by atoms with E-state index in [1.807, 2.05) is 97.9 Å². The molecule has 1 aromatic heterocycles. The van der Waals surface area contributed by atoms with Crippen molar-refractivity contribution in [1.29, 1.82) is 0 Å². The van der Waals surface area contributed by atoms with Crippen molar-refractivity contribution in [2.75, 3.05) is 30.9 Å². The zero-order valence-corrected chi connectivity index (χ0v) is 18.7. The van der Waals surface area contributed by atoms with Crippen LogP contribution >= 0.6 is 0 Å². The quantitative estimate of drug-likeness (QED) is 0.453. The van der Waals surface area contributed by atoms with E-state index in [0.717, 1.165) is 22.3 Å². The standard InChI is InChI=1S/C25H26N6O2/c1-29(2)21-14-12-20(13-15-21)26-24(32)17-30(16-19-8-4-3-5-9-19)25(33)18-31-23-11-7-6-10-22(23)27-28-31/h3-15H,16-18H2,1-2H3,(H,26,32). The van der Waals surface area contributed by atoms with E-state index in [9.17, 15) is 9.59 Å². The molecule has 0 radical (unpaired) electrons. The molecule has 0 aliphatic rings. The Kier molecular flexibility index (Phi) is 6.64. The molecule has 0 fully saturated rings. The summed E-state index contributed by atoms with van der Waals surface area (Å²) < 4.78 is 1.56. The van der Waals surface area contributed by atoms with Gasteiger partial charge in [0.1, 0.15) is 18.6 Å². The predicted octanol–water partition coefficient (Wildman–Crippen LogP) is 3.16. The summed E-state index contributed by atoms with van der Waals surface area (Å²) in [5.74, 6) is -0.479. The first-order valence-corrected chi connectivity index (χ1v) is 10.7. The number of nitrogens with one attached hydrogen (secondary N) is 1. The molecule has 0 aliphatic heterocycles. The third kappa shape index (κ3) is 5.54. The van der Waals surface area contributed by atoms with Gasteiger partial charge in [-0.05, 0) is 42.0 Å². The highest BCUT2D eigenvalue weighted by atomic mass is 16.2. The Morgan fingerprint density at radius 1 is 0.909 bits per heavy atom. The molecule has 0 saturated heterocycles. The van der Waals surface area contributed by atoms with Crippen LogP contribution in [0.2, 0.25) is 0 Å². The van der Waals surface area contributed by atoms with Crippen molar-refractivity contribution in [1.82, 2.24) is 19.9 Å². The van der Waals surface area contributed by atoms with Crippen molar-refractivity contribution >= 4 is 34.2 Å². The summed E-state index contributed by atoms with van der Waals surface area (Å²) in [6, 6.07) is 24.6. The van der Waals surface area contributed by atoms with Gasteiger partial charge in [-0.25, -0.2) is 4.68 Å². The third-order valence-corrected chi connectivity index (χ3v) is 5.28. The first-order chi connectivity index (χ1) is 16.0. The molecule has 0 saturated carbocycles. The number of hydrogen-bond acceptors (Lipinski definition) is 5. The van der Waals surface area contributed by atoms with Crippen LogP contribution in [0.15, 0.2) is 78.9 Å². The molecule has 0 unspecified atom stereocenters. The highest BCUT2D eigenvalue weighted by Gasteiger charge is 2.20. The number of nitrogens with zero attached hydrogens (tertiary/aromatic N) is 5. The van der Waals surface area contributed by atoms with E-state index in [2.05, 4.69) is 15.6 Å². The Labute approximate surface area is 192 Å². The molecule has 8 heteroatoms. The second kappa shape index (κ2) is 9.95. The van der Waals surface area contributed by atoms with Crippen LogP contribution in [0.3, 0.4) is 0 Å². The SMILES string of the molecule is CN(C)c1ccc(NC(=O)CN(Cc2ccccc2)C(=O)Cn2nnc3ccccc32)cc1. The van der Waals surface area contributed by atoms with Crippen molar-refractivity contribution in [2.45, 2.75) is 13.1 Å². The van der Waals surface area contributed by atoms with Gasteiger partial charge in [0.25, 0.3) is 0 Å². The van der Waals surface area contributed by atoms with Crippen LogP contribution < -0.4 is 10.2 Å². The Morgan fingerprint density at radius 2 is 1.61 bits per heavy atom. The van der Waals surface area contributed by atoms with Gasteiger partial charge in [-0.1, -0.05) is 47.7 Å². The lowest BCUT2D eigenvalue weighted by atomic mass is 10.2. The van der Waals surface area contributed by atoms with Crippen LogP contribution in [0.5, 0.6) is 0 Å². The van der Waals surface area contributed by atoms with Crippen LogP contribution in [0, 0.1) is 0 Å². The van der Waals surface area contributed by atoms with E-state index in [1.165, 1.54) is 4.90 Å². The second-order valence-corrected chi connectivity index (χ2v) is 7.96.